The molecule has 142 valence electrons. The van der Waals surface area contributed by atoms with Crippen LogP contribution in [0, 0.1) is 5.41 Å². The first kappa shape index (κ1) is 18.8. The summed E-state index contributed by atoms with van der Waals surface area (Å²) in [6, 6.07) is 6.16. The van der Waals surface area contributed by atoms with Gasteiger partial charge in [-0.25, -0.2) is 12.7 Å². The number of ether oxygens (including phenoxy) is 1. The van der Waals surface area contributed by atoms with Crippen LogP contribution >= 0.6 is 0 Å². The molecule has 26 heavy (non-hydrogen) atoms. The predicted octanol–water partition coefficient (Wildman–Crippen LogP) is 1.64. The average molecular weight is 380 g/mol. The van der Waals surface area contributed by atoms with Crippen LogP contribution in [0.3, 0.4) is 0 Å². The molecule has 0 bridgehead atoms. The van der Waals surface area contributed by atoms with Crippen LogP contribution < -0.4 is 4.31 Å². The molecular weight excluding hydrogens is 356 g/mol. The Balaban J connectivity index is 1.87. The SMILES string of the molecule is CC1(C)CS(=O)(=O)N(c2ccc(C(=O)N3CCOCC3(C)C)cc2)C1=O. The summed E-state index contributed by atoms with van der Waals surface area (Å²) in [5.41, 5.74) is -0.650. The lowest BCUT2D eigenvalue weighted by atomic mass is 9.95. The number of benzene rings is 1. The van der Waals surface area contributed by atoms with Crippen LogP contribution in [0.2, 0.25) is 0 Å². The zero-order valence-electron chi connectivity index (χ0n) is 15.5. The van der Waals surface area contributed by atoms with Crippen molar-refractivity contribution < 1.29 is 22.7 Å². The molecule has 2 heterocycles. The minimum Gasteiger partial charge on any atom is -0.377 e. The Labute approximate surface area is 154 Å². The highest BCUT2D eigenvalue weighted by atomic mass is 32.2. The Kier molecular flexibility index (Phi) is 4.39. The molecule has 0 aliphatic carbocycles. The Bertz CT molecular complexity index is 843. The average Bonchev–Trinajstić information content (AvgIpc) is 2.70. The van der Waals surface area contributed by atoms with Crippen LogP contribution in [0.5, 0.6) is 0 Å². The van der Waals surface area contributed by atoms with Gasteiger partial charge in [0.05, 0.1) is 35.6 Å². The fourth-order valence-corrected chi connectivity index (χ4v) is 5.50. The Hall–Kier alpha value is -1.93. The van der Waals surface area contributed by atoms with Gasteiger partial charge in [-0.05, 0) is 52.0 Å². The van der Waals surface area contributed by atoms with Gasteiger partial charge in [0.15, 0.2) is 0 Å². The highest BCUT2D eigenvalue weighted by molar-refractivity contribution is 7.94. The Morgan fingerprint density at radius 1 is 1.12 bits per heavy atom. The second kappa shape index (κ2) is 6.06. The fourth-order valence-electron chi connectivity index (χ4n) is 3.39. The van der Waals surface area contributed by atoms with E-state index in [0.717, 1.165) is 4.31 Å². The van der Waals surface area contributed by atoms with Crippen molar-refractivity contribution in [3.8, 4) is 0 Å². The molecule has 2 aliphatic rings. The van der Waals surface area contributed by atoms with Crippen molar-refractivity contribution in [3.05, 3.63) is 29.8 Å². The molecule has 0 saturated carbocycles. The standard InChI is InChI=1S/C18H24N2O5S/c1-17(2)12-26(23,24)20(16(17)22)14-7-5-13(6-8-14)15(21)19-9-10-25-11-18(19,3)4/h5-8H,9-12H2,1-4H3. The molecule has 0 aromatic heterocycles. The second-order valence-corrected chi connectivity index (χ2v) is 9.90. The van der Waals surface area contributed by atoms with Gasteiger partial charge in [0.1, 0.15) is 0 Å². The molecule has 0 radical (unpaired) electrons. The smallest absolute Gasteiger partial charge is 0.254 e. The minimum absolute atomic E-state index is 0.138. The van der Waals surface area contributed by atoms with Crippen LogP contribution in [0.15, 0.2) is 24.3 Å². The van der Waals surface area contributed by atoms with Gasteiger partial charge in [-0.2, -0.15) is 0 Å². The lowest BCUT2D eigenvalue weighted by Gasteiger charge is -2.42. The molecule has 2 saturated heterocycles. The molecule has 2 fully saturated rings. The molecule has 0 N–H and O–H groups in total. The molecule has 0 atom stereocenters. The number of carbonyl (C=O) groups is 2. The monoisotopic (exact) mass is 380 g/mol. The quantitative estimate of drug-likeness (QED) is 0.779. The zero-order chi connectivity index (χ0) is 19.3. The molecule has 2 amide bonds. The third-order valence-electron chi connectivity index (χ3n) is 4.82. The summed E-state index contributed by atoms with van der Waals surface area (Å²) in [7, 11) is -3.70. The number of sulfonamides is 1. The number of hydrogen-bond donors (Lipinski definition) is 0. The predicted molar refractivity (Wildman–Crippen MR) is 97.4 cm³/mol. The van der Waals surface area contributed by atoms with E-state index in [2.05, 4.69) is 0 Å². The van der Waals surface area contributed by atoms with Crippen LogP contribution in [0.1, 0.15) is 38.1 Å². The maximum absolute atomic E-state index is 12.8. The number of morpholine rings is 1. The molecule has 0 unspecified atom stereocenters. The summed E-state index contributed by atoms with van der Waals surface area (Å²) in [5.74, 6) is -0.812. The number of hydrogen-bond acceptors (Lipinski definition) is 5. The zero-order valence-corrected chi connectivity index (χ0v) is 16.3. The third-order valence-corrected chi connectivity index (χ3v) is 6.84. The van der Waals surface area contributed by atoms with Crippen molar-refractivity contribution in [2.75, 3.05) is 29.8 Å². The van der Waals surface area contributed by atoms with Gasteiger partial charge < -0.3 is 9.64 Å². The van der Waals surface area contributed by atoms with Gasteiger partial charge in [0, 0.05) is 12.1 Å². The molecule has 3 rings (SSSR count). The van der Waals surface area contributed by atoms with Crippen LogP contribution in [0.4, 0.5) is 5.69 Å². The number of rotatable bonds is 2. The first-order valence-electron chi connectivity index (χ1n) is 8.53. The Morgan fingerprint density at radius 2 is 1.73 bits per heavy atom. The summed E-state index contributed by atoms with van der Waals surface area (Å²) in [4.78, 5) is 27.0. The van der Waals surface area contributed by atoms with Crippen LogP contribution in [-0.4, -0.2) is 56.2 Å². The number of anilines is 1. The fraction of sp³-hybridized carbons (Fsp3) is 0.556. The molecule has 1 aromatic rings. The molecule has 2 aliphatic heterocycles. The van der Waals surface area contributed by atoms with Crippen molar-refractivity contribution in [2.45, 2.75) is 33.2 Å². The number of nitrogens with zero attached hydrogens (tertiary/aromatic N) is 2. The molecule has 8 heteroatoms. The molecule has 1 aromatic carbocycles. The van der Waals surface area contributed by atoms with E-state index in [4.69, 9.17) is 4.74 Å². The maximum Gasteiger partial charge on any atom is 0.254 e. The molecular formula is C18H24N2O5S. The van der Waals surface area contributed by atoms with E-state index in [1.54, 1.807) is 30.9 Å². The summed E-state index contributed by atoms with van der Waals surface area (Å²) < 4.78 is 31.0. The molecule has 7 nitrogen and oxygen atoms in total. The summed E-state index contributed by atoms with van der Waals surface area (Å²) in [5, 5.41) is 0. The highest BCUT2D eigenvalue weighted by Gasteiger charge is 2.49. The van der Waals surface area contributed by atoms with E-state index in [9.17, 15) is 18.0 Å². The first-order chi connectivity index (χ1) is 12.0. The van der Waals surface area contributed by atoms with E-state index in [-0.39, 0.29) is 17.3 Å². The van der Waals surface area contributed by atoms with E-state index in [1.165, 1.54) is 12.1 Å². The number of amides is 2. The minimum atomic E-state index is -3.70. The Morgan fingerprint density at radius 3 is 2.23 bits per heavy atom. The summed E-state index contributed by atoms with van der Waals surface area (Å²) >= 11 is 0. The van der Waals surface area contributed by atoms with Gasteiger partial charge in [-0.1, -0.05) is 0 Å². The first-order valence-corrected chi connectivity index (χ1v) is 10.1. The van der Waals surface area contributed by atoms with Crippen molar-refractivity contribution in [1.29, 1.82) is 0 Å². The summed E-state index contributed by atoms with van der Waals surface area (Å²) in [6.45, 7) is 8.57. The van der Waals surface area contributed by atoms with Gasteiger partial charge in [-0.15, -0.1) is 0 Å². The maximum atomic E-state index is 12.8. The normalized spacial score (nSPS) is 23.9. The highest BCUT2D eigenvalue weighted by Crippen LogP contribution is 2.35. The van der Waals surface area contributed by atoms with Crippen molar-refractivity contribution in [1.82, 2.24) is 4.90 Å². The molecule has 0 spiro atoms. The van der Waals surface area contributed by atoms with Crippen molar-refractivity contribution in [2.24, 2.45) is 5.41 Å². The lowest BCUT2D eigenvalue weighted by Crippen LogP contribution is -2.55. The van der Waals surface area contributed by atoms with E-state index in [0.29, 0.717) is 25.3 Å². The van der Waals surface area contributed by atoms with Crippen molar-refractivity contribution in [3.63, 3.8) is 0 Å². The second-order valence-electron chi connectivity index (χ2n) is 8.08. The van der Waals surface area contributed by atoms with E-state index < -0.39 is 26.9 Å². The van der Waals surface area contributed by atoms with Gasteiger partial charge in [0.25, 0.3) is 5.91 Å². The van der Waals surface area contributed by atoms with Crippen LogP contribution in [-0.2, 0) is 19.6 Å². The van der Waals surface area contributed by atoms with Crippen LogP contribution in [0.25, 0.3) is 0 Å². The van der Waals surface area contributed by atoms with Gasteiger partial charge in [0.2, 0.25) is 15.9 Å². The van der Waals surface area contributed by atoms with Crippen molar-refractivity contribution >= 4 is 27.5 Å². The van der Waals surface area contributed by atoms with E-state index >= 15 is 0 Å². The summed E-state index contributed by atoms with van der Waals surface area (Å²) in [6.07, 6.45) is 0. The lowest BCUT2D eigenvalue weighted by molar-refractivity contribution is -0.123. The van der Waals surface area contributed by atoms with Gasteiger partial charge in [-0.3, -0.25) is 9.59 Å². The number of carbonyl (C=O) groups excluding carboxylic acids is 2. The largest absolute Gasteiger partial charge is 0.377 e. The van der Waals surface area contributed by atoms with E-state index in [1.807, 2.05) is 13.8 Å². The third kappa shape index (κ3) is 3.12. The topological polar surface area (TPSA) is 84.0 Å². The van der Waals surface area contributed by atoms with Gasteiger partial charge >= 0.3 is 0 Å².